The van der Waals surface area contributed by atoms with Crippen molar-refractivity contribution >= 4 is 16.7 Å². The van der Waals surface area contributed by atoms with Crippen molar-refractivity contribution < 1.29 is 14.5 Å². The van der Waals surface area contributed by atoms with Crippen LogP contribution in [-0.2, 0) is 4.79 Å². The smallest absolute Gasteiger partial charge is 0.275 e. The molecule has 0 saturated carbocycles. The number of rotatable bonds is 6. The van der Waals surface area contributed by atoms with Crippen LogP contribution >= 0.6 is 0 Å². The lowest BCUT2D eigenvalue weighted by Gasteiger charge is -2.17. The second kappa shape index (κ2) is 7.32. The summed E-state index contributed by atoms with van der Waals surface area (Å²) in [5.41, 5.74) is 1.14. The standard InChI is InChI=1S/C20H22N2O2/c1-14(17-10-5-8-16-7-3-4-9-18(16)17)22-20(23)13-21-15(2)19-11-6-12-24-19/h3-12,14-15,21H,13H2,1-2H3,(H,22,23)/p+1/t14-,15+/m0/s1. The summed E-state index contributed by atoms with van der Waals surface area (Å²) >= 11 is 0. The molecule has 3 aromatic rings. The van der Waals surface area contributed by atoms with E-state index in [1.165, 1.54) is 10.8 Å². The Morgan fingerprint density at radius 3 is 2.67 bits per heavy atom. The van der Waals surface area contributed by atoms with Crippen LogP contribution in [0.1, 0.15) is 37.3 Å². The SMILES string of the molecule is C[C@H](NC(=O)C[NH2+][C@H](C)c1ccco1)c1cccc2ccccc12. The summed E-state index contributed by atoms with van der Waals surface area (Å²) in [7, 11) is 0. The van der Waals surface area contributed by atoms with Gasteiger partial charge in [0, 0.05) is 0 Å². The van der Waals surface area contributed by atoms with Gasteiger partial charge in [-0.3, -0.25) is 4.79 Å². The predicted octanol–water partition coefficient (Wildman–Crippen LogP) is 2.93. The van der Waals surface area contributed by atoms with Crippen LogP contribution in [0.15, 0.2) is 65.3 Å². The largest absolute Gasteiger partial charge is 0.463 e. The number of hydrogen-bond donors (Lipinski definition) is 2. The highest BCUT2D eigenvalue weighted by Gasteiger charge is 2.16. The first kappa shape index (κ1) is 16.3. The maximum absolute atomic E-state index is 12.3. The molecule has 1 heterocycles. The average molecular weight is 323 g/mol. The van der Waals surface area contributed by atoms with Gasteiger partial charge < -0.3 is 15.1 Å². The van der Waals surface area contributed by atoms with Crippen LogP contribution in [0, 0.1) is 0 Å². The van der Waals surface area contributed by atoms with Crippen molar-refractivity contribution in [2.45, 2.75) is 25.9 Å². The summed E-state index contributed by atoms with van der Waals surface area (Å²) < 4.78 is 5.36. The second-order valence-corrected chi connectivity index (χ2v) is 6.10. The number of hydrogen-bond acceptors (Lipinski definition) is 2. The van der Waals surface area contributed by atoms with Crippen LogP contribution in [0.3, 0.4) is 0 Å². The third kappa shape index (κ3) is 3.66. The van der Waals surface area contributed by atoms with Gasteiger partial charge in [-0.1, -0.05) is 42.5 Å². The van der Waals surface area contributed by atoms with E-state index in [1.807, 2.05) is 49.5 Å². The van der Waals surface area contributed by atoms with Crippen molar-refractivity contribution in [2.75, 3.05) is 6.54 Å². The fourth-order valence-corrected chi connectivity index (χ4v) is 2.96. The zero-order valence-corrected chi connectivity index (χ0v) is 14.0. The van der Waals surface area contributed by atoms with Gasteiger partial charge in [0.25, 0.3) is 5.91 Å². The summed E-state index contributed by atoms with van der Waals surface area (Å²) in [4.78, 5) is 12.3. The van der Waals surface area contributed by atoms with E-state index in [1.54, 1.807) is 6.26 Å². The number of carbonyl (C=O) groups excluding carboxylic acids is 1. The first-order valence-corrected chi connectivity index (χ1v) is 8.29. The molecule has 0 saturated heterocycles. The molecule has 2 aromatic carbocycles. The van der Waals surface area contributed by atoms with Gasteiger partial charge in [0.2, 0.25) is 0 Å². The van der Waals surface area contributed by atoms with Crippen LogP contribution in [0.5, 0.6) is 0 Å². The molecule has 0 spiro atoms. The van der Waals surface area contributed by atoms with Gasteiger partial charge in [0.1, 0.15) is 6.04 Å². The van der Waals surface area contributed by atoms with Gasteiger partial charge in [-0.15, -0.1) is 0 Å². The van der Waals surface area contributed by atoms with E-state index in [0.717, 1.165) is 11.3 Å². The number of carbonyl (C=O) groups is 1. The van der Waals surface area contributed by atoms with Crippen molar-refractivity contribution in [3.05, 3.63) is 72.2 Å². The monoisotopic (exact) mass is 323 g/mol. The fourth-order valence-electron chi connectivity index (χ4n) is 2.96. The van der Waals surface area contributed by atoms with Crippen LogP contribution in [0.2, 0.25) is 0 Å². The van der Waals surface area contributed by atoms with Crippen molar-refractivity contribution in [2.24, 2.45) is 0 Å². The molecule has 0 unspecified atom stereocenters. The van der Waals surface area contributed by atoms with E-state index in [0.29, 0.717) is 6.54 Å². The molecule has 1 amide bonds. The number of quaternary nitrogens is 1. The van der Waals surface area contributed by atoms with Gasteiger partial charge in [-0.05, 0) is 42.3 Å². The molecular weight excluding hydrogens is 300 g/mol. The van der Waals surface area contributed by atoms with E-state index in [4.69, 9.17) is 4.42 Å². The Kier molecular flexibility index (Phi) is 4.96. The Morgan fingerprint density at radius 1 is 1.08 bits per heavy atom. The Hall–Kier alpha value is -2.59. The zero-order chi connectivity index (χ0) is 16.9. The molecule has 0 bridgehead atoms. The predicted molar refractivity (Wildman–Crippen MR) is 94.4 cm³/mol. The Morgan fingerprint density at radius 2 is 1.88 bits per heavy atom. The van der Waals surface area contributed by atoms with E-state index in [-0.39, 0.29) is 18.0 Å². The minimum atomic E-state index is -0.0316. The number of amides is 1. The molecule has 0 aliphatic heterocycles. The van der Waals surface area contributed by atoms with Crippen molar-refractivity contribution in [1.29, 1.82) is 0 Å². The Bertz CT molecular complexity index is 806. The highest BCUT2D eigenvalue weighted by Crippen LogP contribution is 2.23. The molecule has 4 nitrogen and oxygen atoms in total. The molecule has 0 aliphatic carbocycles. The molecule has 3 rings (SSSR count). The van der Waals surface area contributed by atoms with Gasteiger partial charge in [0.05, 0.1) is 12.3 Å². The molecule has 4 heteroatoms. The number of nitrogens with one attached hydrogen (secondary N) is 1. The lowest BCUT2D eigenvalue weighted by Crippen LogP contribution is -2.87. The van der Waals surface area contributed by atoms with E-state index in [2.05, 4.69) is 29.6 Å². The molecule has 1 aromatic heterocycles. The van der Waals surface area contributed by atoms with Gasteiger partial charge in [-0.25, -0.2) is 0 Å². The van der Waals surface area contributed by atoms with Crippen LogP contribution in [-0.4, -0.2) is 12.5 Å². The first-order valence-electron chi connectivity index (χ1n) is 8.29. The van der Waals surface area contributed by atoms with Gasteiger partial charge in [-0.2, -0.15) is 0 Å². The normalized spacial score (nSPS) is 13.6. The minimum Gasteiger partial charge on any atom is -0.463 e. The summed E-state index contributed by atoms with van der Waals surface area (Å²) in [6.45, 7) is 4.42. The third-order valence-corrected chi connectivity index (χ3v) is 4.32. The summed E-state index contributed by atoms with van der Waals surface area (Å²) in [6.07, 6.45) is 1.66. The highest BCUT2D eigenvalue weighted by atomic mass is 16.3. The third-order valence-electron chi connectivity index (χ3n) is 4.32. The van der Waals surface area contributed by atoms with E-state index < -0.39 is 0 Å². The summed E-state index contributed by atoms with van der Waals surface area (Å²) in [5, 5.41) is 7.43. The average Bonchev–Trinajstić information content (AvgIpc) is 3.14. The van der Waals surface area contributed by atoms with Crippen LogP contribution in [0.25, 0.3) is 10.8 Å². The summed E-state index contributed by atoms with van der Waals surface area (Å²) in [6, 6.07) is 18.3. The molecule has 2 atom stereocenters. The Labute approximate surface area is 141 Å². The summed E-state index contributed by atoms with van der Waals surface area (Å²) in [5.74, 6) is 0.902. The van der Waals surface area contributed by atoms with Crippen molar-refractivity contribution in [3.8, 4) is 0 Å². The van der Waals surface area contributed by atoms with Crippen molar-refractivity contribution in [1.82, 2.24) is 5.32 Å². The zero-order valence-electron chi connectivity index (χ0n) is 14.0. The molecule has 3 N–H and O–H groups in total. The second-order valence-electron chi connectivity index (χ2n) is 6.10. The number of benzene rings is 2. The number of nitrogens with two attached hydrogens (primary N) is 1. The highest BCUT2D eigenvalue weighted by molar-refractivity contribution is 5.87. The molecule has 24 heavy (non-hydrogen) atoms. The lowest BCUT2D eigenvalue weighted by atomic mass is 10.00. The topological polar surface area (TPSA) is 58.9 Å². The van der Waals surface area contributed by atoms with Crippen LogP contribution in [0.4, 0.5) is 0 Å². The molecule has 0 aliphatic rings. The maximum atomic E-state index is 12.3. The lowest BCUT2D eigenvalue weighted by molar-refractivity contribution is -0.684. The molecule has 0 fully saturated rings. The quantitative estimate of drug-likeness (QED) is 0.733. The van der Waals surface area contributed by atoms with Gasteiger partial charge in [0.15, 0.2) is 12.3 Å². The molecule has 124 valence electrons. The number of fused-ring (bicyclic) bond motifs is 1. The van der Waals surface area contributed by atoms with E-state index >= 15 is 0 Å². The van der Waals surface area contributed by atoms with Crippen LogP contribution < -0.4 is 10.6 Å². The maximum Gasteiger partial charge on any atom is 0.275 e. The van der Waals surface area contributed by atoms with Gasteiger partial charge >= 0.3 is 0 Å². The van der Waals surface area contributed by atoms with E-state index in [9.17, 15) is 4.79 Å². The number of furan rings is 1. The Balaban J connectivity index is 1.61. The molecule has 0 radical (unpaired) electrons. The minimum absolute atomic E-state index is 0.0221. The molecular formula is C20H23N2O2+. The first-order chi connectivity index (χ1) is 11.6. The fraction of sp³-hybridized carbons (Fsp3) is 0.250. The van der Waals surface area contributed by atoms with Crippen molar-refractivity contribution in [3.63, 3.8) is 0 Å².